The molecule has 2 aromatic rings. The largest absolute Gasteiger partial charge is 0.490 e. The first-order chi connectivity index (χ1) is 12.7. The SMILES string of the molecule is CCOc1cc(C#N)ccc1OCC(=O)N1CCN(c2nccs2)CC1. The van der Waals surface area contributed by atoms with Crippen molar-refractivity contribution < 1.29 is 14.3 Å². The van der Waals surface area contributed by atoms with Crippen LogP contribution in [0.1, 0.15) is 12.5 Å². The van der Waals surface area contributed by atoms with Gasteiger partial charge in [-0.25, -0.2) is 4.98 Å². The minimum Gasteiger partial charge on any atom is -0.490 e. The molecule has 2 heterocycles. The number of carbonyl (C=O) groups excluding carboxylic acids is 1. The van der Waals surface area contributed by atoms with Crippen molar-refractivity contribution in [3.63, 3.8) is 0 Å². The lowest BCUT2D eigenvalue weighted by Crippen LogP contribution is -2.50. The lowest BCUT2D eigenvalue weighted by atomic mass is 10.2. The molecule has 0 atom stereocenters. The molecular weight excluding hydrogens is 352 g/mol. The summed E-state index contributed by atoms with van der Waals surface area (Å²) in [5.41, 5.74) is 0.491. The van der Waals surface area contributed by atoms with Crippen LogP contribution in [0.4, 0.5) is 5.13 Å². The highest BCUT2D eigenvalue weighted by molar-refractivity contribution is 7.13. The summed E-state index contributed by atoms with van der Waals surface area (Å²) in [7, 11) is 0. The molecule has 136 valence electrons. The van der Waals surface area contributed by atoms with Gasteiger partial charge >= 0.3 is 0 Å². The first-order valence-corrected chi connectivity index (χ1v) is 9.31. The smallest absolute Gasteiger partial charge is 0.260 e. The van der Waals surface area contributed by atoms with Gasteiger partial charge in [-0.15, -0.1) is 11.3 Å². The molecule has 0 saturated carbocycles. The molecule has 0 unspecified atom stereocenters. The third kappa shape index (κ3) is 4.24. The summed E-state index contributed by atoms with van der Waals surface area (Å²) < 4.78 is 11.2. The Morgan fingerprint density at radius 1 is 1.27 bits per heavy atom. The van der Waals surface area contributed by atoms with Crippen molar-refractivity contribution in [2.75, 3.05) is 44.3 Å². The van der Waals surface area contributed by atoms with Crippen molar-refractivity contribution in [1.29, 1.82) is 5.26 Å². The molecule has 1 aliphatic rings. The number of anilines is 1. The number of nitrogens with zero attached hydrogens (tertiary/aromatic N) is 4. The Labute approximate surface area is 156 Å². The van der Waals surface area contributed by atoms with Gasteiger partial charge in [0.1, 0.15) is 0 Å². The first kappa shape index (κ1) is 18.0. The normalized spacial score (nSPS) is 14.0. The van der Waals surface area contributed by atoms with Crippen molar-refractivity contribution in [2.45, 2.75) is 6.92 Å². The predicted molar refractivity (Wildman–Crippen MR) is 98.7 cm³/mol. The zero-order chi connectivity index (χ0) is 18.4. The standard InChI is InChI=1S/C18H20N4O3S/c1-2-24-16-11-14(12-19)3-4-15(16)25-13-17(23)21-6-8-22(9-7-21)18-20-5-10-26-18/h3-5,10-11H,2,6-9,13H2,1H3. The van der Waals surface area contributed by atoms with Gasteiger partial charge in [0.05, 0.1) is 18.2 Å². The topological polar surface area (TPSA) is 78.7 Å². The zero-order valence-electron chi connectivity index (χ0n) is 14.6. The van der Waals surface area contributed by atoms with Gasteiger partial charge < -0.3 is 19.3 Å². The molecule has 1 aliphatic heterocycles. The molecule has 1 aromatic carbocycles. The third-order valence-corrected chi connectivity index (χ3v) is 4.88. The van der Waals surface area contributed by atoms with Gasteiger partial charge in [-0.2, -0.15) is 5.26 Å². The maximum atomic E-state index is 12.4. The maximum absolute atomic E-state index is 12.4. The van der Waals surface area contributed by atoms with Crippen LogP contribution in [0.5, 0.6) is 11.5 Å². The van der Waals surface area contributed by atoms with Crippen LogP contribution in [0.2, 0.25) is 0 Å². The number of hydrogen-bond donors (Lipinski definition) is 0. The average molecular weight is 372 g/mol. The second kappa shape index (κ2) is 8.54. The Balaban J connectivity index is 1.54. The molecule has 1 saturated heterocycles. The molecule has 7 nitrogen and oxygen atoms in total. The highest BCUT2D eigenvalue weighted by Crippen LogP contribution is 2.28. The Morgan fingerprint density at radius 2 is 2.08 bits per heavy atom. The number of benzene rings is 1. The van der Waals surface area contributed by atoms with Gasteiger partial charge in [-0.1, -0.05) is 0 Å². The molecule has 1 aromatic heterocycles. The van der Waals surface area contributed by atoms with E-state index in [0.717, 1.165) is 18.2 Å². The number of hydrogen-bond acceptors (Lipinski definition) is 7. The maximum Gasteiger partial charge on any atom is 0.260 e. The molecule has 1 amide bonds. The van der Waals surface area contributed by atoms with E-state index in [9.17, 15) is 4.79 Å². The number of thiazole rings is 1. The molecule has 0 radical (unpaired) electrons. The van der Waals surface area contributed by atoms with Gasteiger partial charge in [0.25, 0.3) is 5.91 Å². The molecule has 0 N–H and O–H groups in total. The zero-order valence-corrected chi connectivity index (χ0v) is 15.4. The van der Waals surface area contributed by atoms with Crippen LogP contribution in [-0.4, -0.2) is 55.2 Å². The monoisotopic (exact) mass is 372 g/mol. The van der Waals surface area contributed by atoms with Gasteiger partial charge in [-0.05, 0) is 19.1 Å². The van der Waals surface area contributed by atoms with E-state index in [1.165, 1.54) is 0 Å². The summed E-state index contributed by atoms with van der Waals surface area (Å²) in [6.07, 6.45) is 1.79. The van der Waals surface area contributed by atoms with Crippen molar-refractivity contribution >= 4 is 22.4 Å². The number of rotatable bonds is 6. The van der Waals surface area contributed by atoms with Crippen molar-refractivity contribution in [1.82, 2.24) is 9.88 Å². The van der Waals surface area contributed by atoms with E-state index in [-0.39, 0.29) is 12.5 Å². The summed E-state index contributed by atoms with van der Waals surface area (Å²) >= 11 is 1.61. The van der Waals surface area contributed by atoms with E-state index < -0.39 is 0 Å². The van der Waals surface area contributed by atoms with Crippen LogP contribution < -0.4 is 14.4 Å². The quantitative estimate of drug-likeness (QED) is 0.773. The molecule has 1 fully saturated rings. The molecule has 0 aliphatic carbocycles. The highest BCUT2D eigenvalue weighted by Gasteiger charge is 2.23. The van der Waals surface area contributed by atoms with Crippen molar-refractivity contribution in [2.24, 2.45) is 0 Å². The minimum absolute atomic E-state index is 0.0524. The lowest BCUT2D eigenvalue weighted by Gasteiger charge is -2.34. The van der Waals surface area contributed by atoms with Gasteiger partial charge in [0.15, 0.2) is 23.2 Å². The first-order valence-electron chi connectivity index (χ1n) is 8.43. The predicted octanol–water partition coefficient (Wildman–Crippen LogP) is 2.14. The number of aromatic nitrogens is 1. The fourth-order valence-corrected chi connectivity index (χ4v) is 3.41. The Hall–Kier alpha value is -2.79. The van der Waals surface area contributed by atoms with Crippen LogP contribution in [0, 0.1) is 11.3 Å². The summed E-state index contributed by atoms with van der Waals surface area (Å²) in [6, 6.07) is 7.00. The fourth-order valence-electron chi connectivity index (χ4n) is 2.72. The summed E-state index contributed by atoms with van der Waals surface area (Å²) in [5.74, 6) is 0.893. The number of amides is 1. The van der Waals surface area contributed by atoms with Gasteiger partial charge in [0.2, 0.25) is 0 Å². The molecule has 8 heteroatoms. The molecule has 26 heavy (non-hydrogen) atoms. The Morgan fingerprint density at radius 3 is 2.73 bits per heavy atom. The lowest BCUT2D eigenvalue weighted by molar-refractivity contribution is -0.133. The van der Waals surface area contributed by atoms with Crippen molar-refractivity contribution in [3.05, 3.63) is 35.3 Å². The minimum atomic E-state index is -0.0596. The van der Waals surface area contributed by atoms with Gasteiger partial charge in [0, 0.05) is 43.8 Å². The van der Waals surface area contributed by atoms with E-state index >= 15 is 0 Å². The number of carbonyl (C=O) groups is 1. The summed E-state index contributed by atoms with van der Waals surface area (Å²) in [5, 5.41) is 11.9. The van der Waals surface area contributed by atoms with Crippen LogP contribution in [-0.2, 0) is 4.79 Å². The van der Waals surface area contributed by atoms with E-state index in [4.69, 9.17) is 14.7 Å². The second-order valence-electron chi connectivity index (χ2n) is 5.68. The van der Waals surface area contributed by atoms with E-state index in [2.05, 4.69) is 16.0 Å². The van der Waals surface area contributed by atoms with Gasteiger partial charge in [-0.3, -0.25) is 4.79 Å². The number of ether oxygens (including phenoxy) is 2. The fraction of sp³-hybridized carbons (Fsp3) is 0.389. The summed E-state index contributed by atoms with van der Waals surface area (Å²) in [6.45, 7) is 5.08. The van der Waals surface area contributed by atoms with Crippen LogP contribution in [0.25, 0.3) is 0 Å². The molecule has 0 bridgehead atoms. The molecular formula is C18H20N4O3S. The second-order valence-corrected chi connectivity index (χ2v) is 6.55. The van der Waals surface area contributed by atoms with Crippen molar-refractivity contribution in [3.8, 4) is 17.6 Å². The van der Waals surface area contributed by atoms with Crippen LogP contribution in [0.15, 0.2) is 29.8 Å². The van der Waals surface area contributed by atoms with E-state index in [1.807, 2.05) is 12.3 Å². The average Bonchev–Trinajstić information content (AvgIpc) is 3.22. The van der Waals surface area contributed by atoms with E-state index in [1.54, 1.807) is 40.6 Å². The van der Waals surface area contributed by atoms with Crippen LogP contribution >= 0.6 is 11.3 Å². The highest BCUT2D eigenvalue weighted by atomic mass is 32.1. The Bertz CT molecular complexity index is 780. The third-order valence-electron chi connectivity index (χ3n) is 4.05. The Kier molecular flexibility index (Phi) is 5.92. The number of nitriles is 1. The number of piperazine rings is 1. The molecule has 0 spiro atoms. The molecule has 3 rings (SSSR count). The summed E-state index contributed by atoms with van der Waals surface area (Å²) in [4.78, 5) is 20.7. The van der Waals surface area contributed by atoms with E-state index in [0.29, 0.717) is 36.8 Å². The van der Waals surface area contributed by atoms with Crippen LogP contribution in [0.3, 0.4) is 0 Å².